The number of hydrogen-bond donors (Lipinski definition) is 0. The molecule has 0 spiro atoms. The highest BCUT2D eigenvalue weighted by atomic mass is 16.6. The normalized spacial score (nSPS) is 11.7. The Morgan fingerprint density at radius 2 is 2.06 bits per heavy atom. The van der Waals surface area contributed by atoms with Crippen LogP contribution in [0.4, 0.5) is 0 Å². The van der Waals surface area contributed by atoms with E-state index in [-0.39, 0.29) is 5.97 Å². The summed E-state index contributed by atoms with van der Waals surface area (Å²) in [6.07, 6.45) is 4.74. The predicted octanol–water partition coefficient (Wildman–Crippen LogP) is 3.48. The molecule has 100 valence electrons. The molecule has 0 saturated heterocycles. The van der Waals surface area contributed by atoms with Crippen LogP contribution in [0.1, 0.15) is 58.1 Å². The average molecular weight is 249 g/mol. The number of aromatic nitrogens is 1. The summed E-state index contributed by atoms with van der Waals surface area (Å²) in [5, 5.41) is 0. The molecule has 1 aromatic rings. The number of pyridine rings is 1. The van der Waals surface area contributed by atoms with Gasteiger partial charge in [0.15, 0.2) is 0 Å². The Balaban J connectivity index is 2.61. The number of nitrogens with zero attached hydrogens (tertiary/aromatic N) is 1. The second kappa shape index (κ2) is 5.98. The molecule has 0 radical (unpaired) electrons. The van der Waals surface area contributed by atoms with Gasteiger partial charge in [-0.3, -0.25) is 9.78 Å². The van der Waals surface area contributed by atoms with Gasteiger partial charge in [0.2, 0.25) is 0 Å². The van der Waals surface area contributed by atoms with Crippen LogP contribution >= 0.6 is 0 Å². The topological polar surface area (TPSA) is 39.2 Å². The lowest BCUT2D eigenvalue weighted by Gasteiger charge is -2.19. The van der Waals surface area contributed by atoms with E-state index in [2.05, 4.69) is 18.8 Å². The van der Waals surface area contributed by atoms with Gasteiger partial charge in [-0.05, 0) is 50.3 Å². The molecule has 18 heavy (non-hydrogen) atoms. The summed E-state index contributed by atoms with van der Waals surface area (Å²) >= 11 is 0. The van der Waals surface area contributed by atoms with Crippen molar-refractivity contribution in [3.8, 4) is 0 Å². The fraction of sp³-hybridized carbons (Fsp3) is 0.600. The molecule has 0 amide bonds. The van der Waals surface area contributed by atoms with Gasteiger partial charge in [-0.2, -0.15) is 0 Å². The monoisotopic (exact) mass is 249 g/mol. The Morgan fingerprint density at radius 3 is 2.61 bits per heavy atom. The fourth-order valence-corrected chi connectivity index (χ4v) is 1.84. The first-order valence-corrected chi connectivity index (χ1v) is 6.44. The summed E-state index contributed by atoms with van der Waals surface area (Å²) in [6, 6.07) is 2.02. The van der Waals surface area contributed by atoms with Crippen LogP contribution in [-0.2, 0) is 16.0 Å². The largest absolute Gasteiger partial charge is 0.460 e. The third kappa shape index (κ3) is 4.86. The van der Waals surface area contributed by atoms with E-state index in [1.165, 1.54) is 5.56 Å². The zero-order valence-electron chi connectivity index (χ0n) is 12.0. The lowest BCUT2D eigenvalue weighted by Crippen LogP contribution is -2.24. The van der Waals surface area contributed by atoms with Gasteiger partial charge in [0.1, 0.15) is 5.60 Å². The summed E-state index contributed by atoms with van der Waals surface area (Å²) < 4.78 is 5.30. The molecule has 0 aromatic carbocycles. The lowest BCUT2D eigenvalue weighted by molar-refractivity contribution is -0.154. The third-order valence-electron chi connectivity index (χ3n) is 2.58. The van der Waals surface area contributed by atoms with Crippen molar-refractivity contribution in [3.63, 3.8) is 0 Å². The molecular weight excluding hydrogens is 226 g/mol. The second-order valence-corrected chi connectivity index (χ2v) is 5.82. The summed E-state index contributed by atoms with van der Waals surface area (Å²) in [7, 11) is 0. The molecule has 0 aliphatic heterocycles. The minimum absolute atomic E-state index is 0.152. The fourth-order valence-electron chi connectivity index (χ4n) is 1.84. The van der Waals surface area contributed by atoms with Crippen molar-refractivity contribution in [1.29, 1.82) is 0 Å². The standard InChI is InChI=1S/C15H23NO2/c1-11(2)13-8-9-16-10-12(13)6-7-14(17)18-15(3,4)5/h8-11H,6-7H2,1-5H3. The molecular formula is C15H23NO2. The number of carbonyl (C=O) groups excluding carboxylic acids is 1. The van der Waals surface area contributed by atoms with Crippen LogP contribution in [0.25, 0.3) is 0 Å². The molecule has 3 nitrogen and oxygen atoms in total. The van der Waals surface area contributed by atoms with E-state index < -0.39 is 5.60 Å². The highest BCUT2D eigenvalue weighted by Crippen LogP contribution is 2.20. The van der Waals surface area contributed by atoms with Crippen LogP contribution in [0.15, 0.2) is 18.5 Å². The number of esters is 1. The first-order valence-electron chi connectivity index (χ1n) is 6.44. The van der Waals surface area contributed by atoms with E-state index in [1.54, 1.807) is 6.20 Å². The van der Waals surface area contributed by atoms with Gasteiger partial charge >= 0.3 is 5.97 Å². The molecule has 1 aromatic heterocycles. The number of hydrogen-bond acceptors (Lipinski definition) is 3. The molecule has 0 fully saturated rings. The Labute approximate surface area is 110 Å². The molecule has 1 rings (SSSR count). The maximum absolute atomic E-state index is 11.7. The van der Waals surface area contributed by atoms with E-state index in [0.717, 1.165) is 5.56 Å². The van der Waals surface area contributed by atoms with Gasteiger partial charge in [0.25, 0.3) is 0 Å². The van der Waals surface area contributed by atoms with E-state index in [1.807, 2.05) is 33.0 Å². The second-order valence-electron chi connectivity index (χ2n) is 5.82. The van der Waals surface area contributed by atoms with Crippen molar-refractivity contribution < 1.29 is 9.53 Å². The van der Waals surface area contributed by atoms with Gasteiger partial charge in [-0.25, -0.2) is 0 Å². The maximum Gasteiger partial charge on any atom is 0.306 e. The Morgan fingerprint density at radius 1 is 1.39 bits per heavy atom. The minimum Gasteiger partial charge on any atom is -0.460 e. The molecule has 1 heterocycles. The van der Waals surface area contributed by atoms with Gasteiger partial charge in [-0.1, -0.05) is 13.8 Å². The van der Waals surface area contributed by atoms with Crippen molar-refractivity contribution >= 4 is 5.97 Å². The SMILES string of the molecule is CC(C)c1ccncc1CCC(=O)OC(C)(C)C. The molecule has 3 heteroatoms. The number of ether oxygens (including phenoxy) is 1. The lowest BCUT2D eigenvalue weighted by atomic mass is 9.96. The van der Waals surface area contributed by atoms with E-state index in [4.69, 9.17) is 4.74 Å². The smallest absolute Gasteiger partial charge is 0.306 e. The Hall–Kier alpha value is -1.38. The highest BCUT2D eigenvalue weighted by Gasteiger charge is 2.16. The van der Waals surface area contributed by atoms with E-state index in [9.17, 15) is 4.79 Å². The third-order valence-corrected chi connectivity index (χ3v) is 2.58. The van der Waals surface area contributed by atoms with Gasteiger partial charge in [0, 0.05) is 18.8 Å². The summed E-state index contributed by atoms with van der Waals surface area (Å²) in [5.41, 5.74) is 1.99. The van der Waals surface area contributed by atoms with Crippen molar-refractivity contribution in [2.75, 3.05) is 0 Å². The molecule has 0 saturated carbocycles. The minimum atomic E-state index is -0.410. The maximum atomic E-state index is 11.7. The Kier molecular flexibility index (Phi) is 4.88. The number of carbonyl (C=O) groups is 1. The molecule has 0 unspecified atom stereocenters. The molecule has 0 atom stereocenters. The van der Waals surface area contributed by atoms with Crippen LogP contribution < -0.4 is 0 Å². The van der Waals surface area contributed by atoms with Crippen LogP contribution in [0.3, 0.4) is 0 Å². The summed E-state index contributed by atoms with van der Waals surface area (Å²) in [6.45, 7) is 9.94. The van der Waals surface area contributed by atoms with Gasteiger partial charge in [0.05, 0.1) is 0 Å². The number of aryl methyl sites for hydroxylation is 1. The van der Waals surface area contributed by atoms with Gasteiger partial charge in [-0.15, -0.1) is 0 Å². The van der Waals surface area contributed by atoms with Crippen LogP contribution in [0.2, 0.25) is 0 Å². The van der Waals surface area contributed by atoms with Crippen molar-refractivity contribution in [3.05, 3.63) is 29.6 Å². The first-order chi connectivity index (χ1) is 8.29. The van der Waals surface area contributed by atoms with E-state index >= 15 is 0 Å². The van der Waals surface area contributed by atoms with E-state index in [0.29, 0.717) is 18.8 Å². The zero-order valence-corrected chi connectivity index (χ0v) is 12.0. The summed E-state index contributed by atoms with van der Waals surface area (Å²) in [5.74, 6) is 0.294. The van der Waals surface area contributed by atoms with Crippen molar-refractivity contribution in [2.24, 2.45) is 0 Å². The predicted molar refractivity (Wildman–Crippen MR) is 72.5 cm³/mol. The van der Waals surface area contributed by atoms with Crippen molar-refractivity contribution in [2.45, 2.75) is 59.0 Å². The van der Waals surface area contributed by atoms with Crippen LogP contribution in [0.5, 0.6) is 0 Å². The quantitative estimate of drug-likeness (QED) is 0.767. The highest BCUT2D eigenvalue weighted by molar-refractivity contribution is 5.70. The first kappa shape index (κ1) is 14.7. The molecule has 0 bridgehead atoms. The number of rotatable bonds is 4. The molecule has 0 N–H and O–H groups in total. The van der Waals surface area contributed by atoms with Gasteiger partial charge < -0.3 is 4.74 Å². The average Bonchev–Trinajstić information content (AvgIpc) is 2.24. The summed E-state index contributed by atoms with van der Waals surface area (Å²) in [4.78, 5) is 15.8. The van der Waals surface area contributed by atoms with Crippen LogP contribution in [-0.4, -0.2) is 16.6 Å². The molecule has 0 aliphatic rings. The van der Waals surface area contributed by atoms with Crippen LogP contribution in [0, 0.1) is 0 Å². The zero-order chi connectivity index (χ0) is 13.8. The Bertz CT molecular complexity index is 405. The molecule has 0 aliphatic carbocycles. The van der Waals surface area contributed by atoms with Crippen molar-refractivity contribution in [1.82, 2.24) is 4.98 Å².